The summed E-state index contributed by atoms with van der Waals surface area (Å²) in [6.07, 6.45) is -3.28. The van der Waals surface area contributed by atoms with E-state index in [9.17, 15) is 13.2 Å². The summed E-state index contributed by atoms with van der Waals surface area (Å²) >= 11 is 0. The van der Waals surface area contributed by atoms with Crippen LogP contribution in [0.15, 0.2) is 5.10 Å². The fourth-order valence-corrected chi connectivity index (χ4v) is 0.893. The van der Waals surface area contributed by atoms with E-state index in [1.54, 1.807) is 0 Å². The molecule has 0 saturated carbocycles. The number of halogens is 3. The SMILES string of the molecule is CC(C)NN1C=NN(C(F)(F)F)C1. The Hall–Kier alpha value is -0.980. The van der Waals surface area contributed by atoms with E-state index in [2.05, 4.69) is 10.5 Å². The quantitative estimate of drug-likeness (QED) is 0.667. The predicted molar refractivity (Wildman–Crippen MR) is 41.4 cm³/mol. The van der Waals surface area contributed by atoms with Crippen LogP contribution < -0.4 is 5.43 Å². The van der Waals surface area contributed by atoms with Gasteiger partial charge in [0.15, 0.2) is 0 Å². The molecule has 0 bridgehead atoms. The zero-order valence-electron chi connectivity index (χ0n) is 7.34. The first kappa shape index (κ1) is 10.1. The number of hydrogen-bond acceptors (Lipinski definition) is 4. The standard InChI is InChI=1S/C6H11F3N4/c1-5(2)11-12-3-10-13(4-12)6(7,8)9/h3,5,11H,4H2,1-2H3. The Labute approximate surface area is 74.0 Å². The number of hydrazone groups is 1. The molecule has 0 saturated heterocycles. The third-order valence-electron chi connectivity index (χ3n) is 1.33. The topological polar surface area (TPSA) is 30.9 Å². The van der Waals surface area contributed by atoms with Crippen LogP contribution in [0.3, 0.4) is 0 Å². The highest BCUT2D eigenvalue weighted by atomic mass is 19.4. The molecule has 0 spiro atoms. The first-order valence-corrected chi connectivity index (χ1v) is 3.81. The fourth-order valence-electron chi connectivity index (χ4n) is 0.893. The van der Waals surface area contributed by atoms with Gasteiger partial charge in [0.05, 0.1) is 0 Å². The van der Waals surface area contributed by atoms with E-state index < -0.39 is 6.30 Å². The maximum Gasteiger partial charge on any atom is 0.502 e. The third-order valence-corrected chi connectivity index (χ3v) is 1.33. The van der Waals surface area contributed by atoms with Crippen LogP contribution in [0.25, 0.3) is 0 Å². The molecule has 0 radical (unpaired) electrons. The van der Waals surface area contributed by atoms with Gasteiger partial charge in [0.25, 0.3) is 0 Å². The highest BCUT2D eigenvalue weighted by Gasteiger charge is 2.39. The summed E-state index contributed by atoms with van der Waals surface area (Å²) in [6, 6.07) is 0.0830. The maximum absolute atomic E-state index is 12.0. The van der Waals surface area contributed by atoms with Crippen LogP contribution in [0.4, 0.5) is 13.2 Å². The summed E-state index contributed by atoms with van der Waals surface area (Å²) in [5.41, 5.74) is 2.79. The van der Waals surface area contributed by atoms with Crippen molar-refractivity contribution in [3.05, 3.63) is 0 Å². The Morgan fingerprint density at radius 3 is 2.46 bits per heavy atom. The van der Waals surface area contributed by atoms with Gasteiger partial charge in [-0.2, -0.15) is 10.1 Å². The summed E-state index contributed by atoms with van der Waals surface area (Å²) in [4.78, 5) is 0. The zero-order chi connectivity index (χ0) is 10.1. The van der Waals surface area contributed by atoms with Crippen molar-refractivity contribution in [1.82, 2.24) is 15.4 Å². The van der Waals surface area contributed by atoms with Gasteiger partial charge in [-0.05, 0) is 13.8 Å². The lowest BCUT2D eigenvalue weighted by Gasteiger charge is -2.22. The first-order chi connectivity index (χ1) is 5.89. The van der Waals surface area contributed by atoms with E-state index in [1.165, 1.54) is 5.01 Å². The average molecular weight is 196 g/mol. The fraction of sp³-hybridized carbons (Fsp3) is 0.833. The zero-order valence-corrected chi connectivity index (χ0v) is 7.34. The smallest absolute Gasteiger partial charge is 0.275 e. The molecule has 0 aromatic rings. The second-order valence-electron chi connectivity index (χ2n) is 2.99. The number of rotatable bonds is 2. The number of nitrogens with one attached hydrogen (secondary N) is 1. The van der Waals surface area contributed by atoms with Gasteiger partial charge in [-0.1, -0.05) is 0 Å². The molecular weight excluding hydrogens is 185 g/mol. The van der Waals surface area contributed by atoms with E-state index >= 15 is 0 Å². The molecule has 0 atom stereocenters. The minimum atomic E-state index is -4.40. The molecular formula is C6H11F3N4. The van der Waals surface area contributed by atoms with Crippen LogP contribution in [0, 0.1) is 0 Å². The number of hydrazine groups is 1. The van der Waals surface area contributed by atoms with E-state index in [-0.39, 0.29) is 17.7 Å². The average Bonchev–Trinajstić information content (AvgIpc) is 2.32. The van der Waals surface area contributed by atoms with Crippen molar-refractivity contribution in [2.45, 2.75) is 26.2 Å². The molecule has 13 heavy (non-hydrogen) atoms. The summed E-state index contributed by atoms with van der Waals surface area (Å²) in [6.45, 7) is 3.37. The van der Waals surface area contributed by atoms with Crippen molar-refractivity contribution in [2.75, 3.05) is 6.67 Å². The van der Waals surface area contributed by atoms with E-state index in [0.717, 1.165) is 6.34 Å². The minimum absolute atomic E-state index is 0.0579. The molecule has 0 unspecified atom stereocenters. The van der Waals surface area contributed by atoms with Gasteiger partial charge in [0, 0.05) is 6.04 Å². The summed E-state index contributed by atoms with van der Waals surface area (Å²) < 4.78 is 36.1. The van der Waals surface area contributed by atoms with Gasteiger partial charge in [-0.15, -0.1) is 13.2 Å². The van der Waals surface area contributed by atoms with Crippen molar-refractivity contribution < 1.29 is 13.2 Å². The number of hydrogen-bond donors (Lipinski definition) is 1. The minimum Gasteiger partial charge on any atom is -0.275 e. The lowest BCUT2D eigenvalue weighted by atomic mass is 10.4. The molecule has 0 fully saturated rings. The number of alkyl halides is 3. The molecule has 1 aliphatic rings. The normalized spacial score (nSPS) is 17.7. The van der Waals surface area contributed by atoms with Crippen molar-refractivity contribution in [1.29, 1.82) is 0 Å². The maximum atomic E-state index is 12.0. The molecule has 4 nitrogen and oxygen atoms in total. The van der Waals surface area contributed by atoms with Gasteiger partial charge < -0.3 is 0 Å². The summed E-state index contributed by atoms with van der Waals surface area (Å²) in [5, 5.41) is 4.54. The Kier molecular flexibility index (Phi) is 2.65. The Balaban J connectivity index is 2.43. The highest BCUT2D eigenvalue weighted by molar-refractivity contribution is 5.55. The van der Waals surface area contributed by atoms with Crippen LogP contribution in [-0.2, 0) is 0 Å². The molecule has 1 heterocycles. The monoisotopic (exact) mass is 196 g/mol. The van der Waals surface area contributed by atoms with Gasteiger partial charge in [-0.25, -0.2) is 5.43 Å². The Morgan fingerprint density at radius 1 is 1.46 bits per heavy atom. The van der Waals surface area contributed by atoms with Crippen LogP contribution in [0.1, 0.15) is 13.8 Å². The molecule has 1 rings (SSSR count). The van der Waals surface area contributed by atoms with Crippen LogP contribution in [0.5, 0.6) is 0 Å². The third kappa shape index (κ3) is 2.76. The van der Waals surface area contributed by atoms with Crippen molar-refractivity contribution in [2.24, 2.45) is 5.10 Å². The lowest BCUT2D eigenvalue weighted by Crippen LogP contribution is -2.44. The first-order valence-electron chi connectivity index (χ1n) is 3.81. The second kappa shape index (κ2) is 3.41. The molecule has 1 N–H and O–H groups in total. The van der Waals surface area contributed by atoms with Crippen LogP contribution >= 0.6 is 0 Å². The molecule has 0 aliphatic carbocycles. The molecule has 76 valence electrons. The summed E-state index contributed by atoms with van der Waals surface area (Å²) in [7, 11) is 0. The molecule has 1 aliphatic heterocycles. The van der Waals surface area contributed by atoms with Gasteiger partial charge in [0.2, 0.25) is 0 Å². The van der Waals surface area contributed by atoms with Crippen LogP contribution in [0.2, 0.25) is 0 Å². The molecule has 7 heteroatoms. The van der Waals surface area contributed by atoms with Crippen molar-refractivity contribution in [3.63, 3.8) is 0 Å². The van der Waals surface area contributed by atoms with Gasteiger partial charge in [-0.3, -0.25) is 5.01 Å². The lowest BCUT2D eigenvalue weighted by molar-refractivity contribution is -0.249. The van der Waals surface area contributed by atoms with E-state index in [1.807, 2.05) is 13.8 Å². The summed E-state index contributed by atoms with van der Waals surface area (Å²) in [5.74, 6) is 0. The largest absolute Gasteiger partial charge is 0.502 e. The Morgan fingerprint density at radius 2 is 2.08 bits per heavy atom. The van der Waals surface area contributed by atoms with E-state index in [4.69, 9.17) is 0 Å². The molecule has 0 aromatic carbocycles. The van der Waals surface area contributed by atoms with Gasteiger partial charge in [0.1, 0.15) is 13.0 Å². The van der Waals surface area contributed by atoms with E-state index in [0.29, 0.717) is 0 Å². The molecule has 0 aromatic heterocycles. The van der Waals surface area contributed by atoms with Crippen molar-refractivity contribution >= 4 is 6.34 Å². The van der Waals surface area contributed by atoms with Crippen LogP contribution in [-0.4, -0.2) is 35.4 Å². The predicted octanol–water partition coefficient (Wildman–Crippen LogP) is 0.938. The Bertz CT molecular complexity index is 201. The van der Waals surface area contributed by atoms with Gasteiger partial charge >= 0.3 is 6.30 Å². The highest BCUT2D eigenvalue weighted by Crippen LogP contribution is 2.23. The second-order valence-corrected chi connectivity index (χ2v) is 2.99. The molecule has 0 amide bonds. The van der Waals surface area contributed by atoms with Crippen molar-refractivity contribution in [3.8, 4) is 0 Å². The number of nitrogens with zero attached hydrogens (tertiary/aromatic N) is 3.